The molecule has 0 saturated heterocycles. The molecule has 3 aromatic heterocycles. The zero-order valence-corrected chi connectivity index (χ0v) is 29.2. The molecule has 12 rings (SSSR count). The molecule has 3 nitrogen and oxygen atoms in total. The highest BCUT2D eigenvalue weighted by Gasteiger charge is 2.21. The van der Waals surface area contributed by atoms with Crippen molar-refractivity contribution in [1.82, 2.24) is 9.13 Å². The molecule has 0 radical (unpaired) electrons. The van der Waals surface area contributed by atoms with Gasteiger partial charge in [-0.2, -0.15) is 5.26 Å². The number of nitriles is 1. The average molecular weight is 690 g/mol. The third-order valence-corrected chi connectivity index (χ3v) is 12.3. The summed E-state index contributed by atoms with van der Waals surface area (Å²) in [5.41, 5.74) is 9.49. The third kappa shape index (κ3) is 3.92. The second-order valence-corrected chi connectivity index (χ2v) is 15.1. The number of hydrogen-bond donors (Lipinski definition) is 0. The Bertz CT molecular complexity index is 3520. The van der Waals surface area contributed by atoms with Crippen molar-refractivity contribution in [3.05, 3.63) is 169 Å². The lowest BCUT2D eigenvalue weighted by molar-refractivity contribution is 1.17. The average Bonchev–Trinajstić information content (AvgIpc) is 3.87. The van der Waals surface area contributed by atoms with Crippen LogP contribution in [0.4, 0.5) is 0 Å². The summed E-state index contributed by atoms with van der Waals surface area (Å²) in [6.45, 7) is 0. The van der Waals surface area contributed by atoms with Crippen LogP contribution in [-0.4, -0.2) is 9.13 Å². The maximum atomic E-state index is 10.5. The van der Waals surface area contributed by atoms with Crippen LogP contribution < -0.4 is 0 Å². The summed E-state index contributed by atoms with van der Waals surface area (Å²) in [4.78, 5) is 0. The third-order valence-electron chi connectivity index (χ3n) is 11.2. The minimum absolute atomic E-state index is 0.637. The Hall–Kier alpha value is -6.93. The summed E-state index contributed by atoms with van der Waals surface area (Å²) in [6, 6.07) is 61.6. The smallest absolute Gasteiger partial charge is 0.0992 e. The van der Waals surface area contributed by atoms with Crippen LogP contribution >= 0.6 is 11.3 Å². The van der Waals surface area contributed by atoms with Gasteiger partial charge in [0.25, 0.3) is 0 Å². The number of nitrogens with zero attached hydrogens (tertiary/aromatic N) is 3. The first-order chi connectivity index (χ1) is 26.2. The van der Waals surface area contributed by atoms with E-state index in [4.69, 9.17) is 0 Å². The van der Waals surface area contributed by atoms with Gasteiger partial charge in [-0.05, 0) is 105 Å². The van der Waals surface area contributed by atoms with E-state index in [0.717, 1.165) is 33.5 Å². The number of aromatic nitrogens is 2. The molecule has 9 aromatic carbocycles. The lowest BCUT2D eigenvalue weighted by Crippen LogP contribution is -1.96. The van der Waals surface area contributed by atoms with Crippen molar-refractivity contribution in [1.29, 1.82) is 5.26 Å². The normalized spacial score (nSPS) is 12.1. The van der Waals surface area contributed by atoms with Crippen molar-refractivity contribution in [3.63, 3.8) is 0 Å². The first-order valence-corrected chi connectivity index (χ1v) is 18.7. The Morgan fingerprint density at radius 1 is 0.377 bits per heavy atom. The molecule has 0 amide bonds. The summed E-state index contributed by atoms with van der Waals surface area (Å²) in [5, 5.41) is 23.0. The summed E-state index contributed by atoms with van der Waals surface area (Å²) in [6.07, 6.45) is 0. The standard InChI is InChI=1S/C49H27N3S/c50-28-29-21-30(31-24-41-35-14-5-4-13-34(35)38-17-10-20-46-48(38)49(41)47(25-31)53-46)23-33(22-29)52-43-19-9-7-16-37(43)40-26-44-39(27-45(40)52)36-15-6-8-18-42(36)51(44)32-11-2-1-3-12-32/h1-27H. The Morgan fingerprint density at radius 2 is 0.943 bits per heavy atom. The van der Waals surface area contributed by atoms with Crippen molar-refractivity contribution in [3.8, 4) is 28.6 Å². The van der Waals surface area contributed by atoms with Crippen LogP contribution in [0.3, 0.4) is 0 Å². The predicted molar refractivity (Wildman–Crippen MR) is 224 cm³/mol. The van der Waals surface area contributed by atoms with Gasteiger partial charge in [0.1, 0.15) is 0 Å². The summed E-state index contributed by atoms with van der Waals surface area (Å²) >= 11 is 1.86. The minimum Gasteiger partial charge on any atom is -0.309 e. The first-order valence-electron chi connectivity index (χ1n) is 17.9. The van der Waals surface area contributed by atoms with Crippen molar-refractivity contribution in [2.75, 3.05) is 0 Å². The topological polar surface area (TPSA) is 33.6 Å². The summed E-state index contributed by atoms with van der Waals surface area (Å²) in [7, 11) is 0. The van der Waals surface area contributed by atoms with Gasteiger partial charge in [-0.25, -0.2) is 0 Å². The zero-order valence-electron chi connectivity index (χ0n) is 28.3. The molecule has 0 aliphatic rings. The number of fused-ring (bicyclic) bond motifs is 9. The number of para-hydroxylation sites is 3. The Balaban J connectivity index is 1.15. The molecule has 3 heterocycles. The van der Waals surface area contributed by atoms with Crippen LogP contribution in [-0.2, 0) is 0 Å². The van der Waals surface area contributed by atoms with E-state index < -0.39 is 0 Å². The largest absolute Gasteiger partial charge is 0.309 e. The molecule has 0 aliphatic heterocycles. The van der Waals surface area contributed by atoms with Crippen molar-refractivity contribution in [2.45, 2.75) is 0 Å². The second kappa shape index (κ2) is 10.6. The van der Waals surface area contributed by atoms with E-state index in [1.54, 1.807) is 0 Å². The highest BCUT2D eigenvalue weighted by atomic mass is 32.1. The van der Waals surface area contributed by atoms with E-state index in [2.05, 4.69) is 167 Å². The predicted octanol–water partition coefficient (Wildman–Crippen LogP) is 13.5. The SMILES string of the molecule is N#Cc1cc(-c2cc3sc4cccc5c6ccccc6c(c2)c3c45)cc(-n2c3ccccc3c3cc4c(cc32)c2ccccc2n4-c2ccccc2)c1. The van der Waals surface area contributed by atoms with E-state index >= 15 is 0 Å². The maximum absolute atomic E-state index is 10.5. The minimum atomic E-state index is 0.637. The molecule has 53 heavy (non-hydrogen) atoms. The van der Waals surface area contributed by atoms with Crippen LogP contribution in [0.1, 0.15) is 5.56 Å². The van der Waals surface area contributed by atoms with Gasteiger partial charge in [-0.1, -0.05) is 91.0 Å². The Labute approximate surface area is 307 Å². The molecular formula is C49H27N3S. The van der Waals surface area contributed by atoms with Gasteiger partial charge in [-0.3, -0.25) is 0 Å². The summed E-state index contributed by atoms with van der Waals surface area (Å²) in [5.74, 6) is 0. The lowest BCUT2D eigenvalue weighted by Gasteiger charge is -2.14. The summed E-state index contributed by atoms with van der Waals surface area (Å²) < 4.78 is 7.31. The van der Waals surface area contributed by atoms with Crippen LogP contribution in [0.15, 0.2) is 164 Å². The Morgan fingerprint density at radius 3 is 1.64 bits per heavy atom. The van der Waals surface area contributed by atoms with Gasteiger partial charge < -0.3 is 9.13 Å². The molecule has 0 saturated carbocycles. The Kier molecular flexibility index (Phi) is 5.72. The molecule has 0 atom stereocenters. The molecule has 244 valence electrons. The number of benzene rings is 9. The van der Waals surface area contributed by atoms with Crippen LogP contribution in [0, 0.1) is 11.3 Å². The first kappa shape index (κ1) is 28.7. The number of hydrogen-bond acceptors (Lipinski definition) is 2. The fourth-order valence-corrected chi connectivity index (χ4v) is 10.2. The maximum Gasteiger partial charge on any atom is 0.0992 e. The van der Waals surface area contributed by atoms with E-state index in [9.17, 15) is 5.26 Å². The van der Waals surface area contributed by atoms with Crippen LogP contribution in [0.2, 0.25) is 0 Å². The van der Waals surface area contributed by atoms with E-state index in [0.29, 0.717) is 5.56 Å². The molecule has 12 aromatic rings. The fourth-order valence-electron chi connectivity index (χ4n) is 9.04. The highest BCUT2D eigenvalue weighted by molar-refractivity contribution is 7.26. The quantitative estimate of drug-likeness (QED) is 0.170. The molecule has 4 heteroatoms. The van der Waals surface area contributed by atoms with E-state index in [1.165, 1.54) is 74.3 Å². The van der Waals surface area contributed by atoms with Crippen LogP contribution in [0.25, 0.3) is 108 Å². The second-order valence-electron chi connectivity index (χ2n) is 14.0. The van der Waals surface area contributed by atoms with E-state index in [1.807, 2.05) is 23.5 Å². The lowest BCUT2D eigenvalue weighted by atomic mass is 9.92. The van der Waals surface area contributed by atoms with Crippen LogP contribution in [0.5, 0.6) is 0 Å². The van der Waals surface area contributed by atoms with Gasteiger partial charge in [0.05, 0.1) is 33.7 Å². The molecule has 0 spiro atoms. The zero-order chi connectivity index (χ0) is 34.8. The van der Waals surface area contributed by atoms with Gasteiger partial charge in [-0.15, -0.1) is 11.3 Å². The fraction of sp³-hybridized carbons (Fsp3) is 0. The monoisotopic (exact) mass is 689 g/mol. The van der Waals surface area contributed by atoms with Gasteiger partial charge >= 0.3 is 0 Å². The van der Waals surface area contributed by atoms with Crippen molar-refractivity contribution in [2.24, 2.45) is 0 Å². The van der Waals surface area contributed by atoms with E-state index in [-0.39, 0.29) is 0 Å². The molecule has 0 N–H and O–H groups in total. The molecule has 0 fully saturated rings. The molecule has 0 aliphatic carbocycles. The number of rotatable bonds is 3. The molecular weight excluding hydrogens is 663 g/mol. The molecule has 0 bridgehead atoms. The highest BCUT2D eigenvalue weighted by Crippen LogP contribution is 2.47. The van der Waals surface area contributed by atoms with Crippen molar-refractivity contribution >= 4 is 96.7 Å². The number of thiophene rings is 1. The molecule has 0 unspecified atom stereocenters. The van der Waals surface area contributed by atoms with Crippen molar-refractivity contribution < 1.29 is 0 Å². The van der Waals surface area contributed by atoms with Gasteiger partial charge in [0.15, 0.2) is 0 Å². The van der Waals surface area contributed by atoms with Gasteiger partial charge in [0.2, 0.25) is 0 Å². The van der Waals surface area contributed by atoms with Gasteiger partial charge in [0, 0.05) is 53.1 Å².